The van der Waals surface area contributed by atoms with E-state index in [0.717, 1.165) is 41.9 Å². The van der Waals surface area contributed by atoms with Crippen LogP contribution in [0.5, 0.6) is 5.75 Å². The number of aromatic nitrogens is 3. The van der Waals surface area contributed by atoms with Gasteiger partial charge in [-0.3, -0.25) is 14.3 Å². The van der Waals surface area contributed by atoms with Crippen molar-refractivity contribution in [1.29, 1.82) is 0 Å². The number of benzene rings is 2. The maximum Gasteiger partial charge on any atom is 0.254 e. The van der Waals surface area contributed by atoms with Gasteiger partial charge in [0, 0.05) is 35.6 Å². The monoisotopic (exact) mass is 568 g/mol. The first-order valence-electron chi connectivity index (χ1n) is 14.6. The Balaban J connectivity index is 1.25. The molecule has 0 fully saturated rings. The molecule has 0 bridgehead atoms. The summed E-state index contributed by atoms with van der Waals surface area (Å²) in [6.45, 7) is 13.3. The van der Waals surface area contributed by atoms with Crippen LogP contribution in [0.15, 0.2) is 73.1 Å². The van der Waals surface area contributed by atoms with Crippen molar-refractivity contribution in [1.82, 2.24) is 30.3 Å². The molecule has 1 aliphatic rings. The number of rotatable bonds is 12. The Morgan fingerprint density at radius 3 is 2.69 bits per heavy atom. The van der Waals surface area contributed by atoms with E-state index in [0.29, 0.717) is 36.5 Å². The second kappa shape index (κ2) is 12.7. The maximum atomic E-state index is 13.0. The van der Waals surface area contributed by atoms with Crippen LogP contribution in [-0.4, -0.2) is 70.3 Å². The Morgan fingerprint density at radius 1 is 1.14 bits per heavy atom. The first kappa shape index (κ1) is 29.1. The molecule has 2 aromatic carbocycles. The smallest absolute Gasteiger partial charge is 0.254 e. The number of nitrogens with one attached hydrogen (secondary N) is 3. The van der Waals surface area contributed by atoms with Gasteiger partial charge in [0.2, 0.25) is 0 Å². The minimum Gasteiger partial charge on any atom is -0.493 e. The molecule has 9 heteroatoms. The fourth-order valence-corrected chi connectivity index (χ4v) is 5.25. The molecule has 1 unspecified atom stereocenters. The molecule has 1 atom stereocenters. The van der Waals surface area contributed by atoms with Crippen LogP contribution in [-0.2, 0) is 11.3 Å². The number of fused-ring (bicyclic) bond motifs is 1. The second-order valence-corrected chi connectivity index (χ2v) is 11.6. The standard InChI is InChI=1S/C33H40N6O3/c1-5-38(6-2)21-33(3,4)22-42-27-12-13-29-24(14-27)15-30(37-29)28-16-26(18-34-32(28)41)36-31(40)25-17-35-39(20-25)19-23-10-8-7-9-11-23/h7-17,20,26,37H,5-6,18-19,21-22H2,1-4H3,(H,34,41)(H,36,40). The van der Waals surface area contributed by atoms with Crippen molar-refractivity contribution in [3.63, 3.8) is 0 Å². The van der Waals surface area contributed by atoms with Crippen LogP contribution in [0, 0.1) is 5.41 Å². The van der Waals surface area contributed by atoms with Crippen LogP contribution in [0.1, 0.15) is 49.3 Å². The predicted octanol–water partition coefficient (Wildman–Crippen LogP) is 4.47. The highest BCUT2D eigenvalue weighted by Crippen LogP contribution is 2.28. The molecule has 9 nitrogen and oxygen atoms in total. The number of nitrogens with zero attached hydrogens (tertiary/aromatic N) is 3. The molecule has 0 saturated heterocycles. The Morgan fingerprint density at radius 2 is 1.93 bits per heavy atom. The zero-order valence-corrected chi connectivity index (χ0v) is 24.8. The van der Waals surface area contributed by atoms with Gasteiger partial charge < -0.3 is 25.3 Å². The largest absolute Gasteiger partial charge is 0.493 e. The first-order chi connectivity index (χ1) is 20.2. The van der Waals surface area contributed by atoms with Crippen molar-refractivity contribution in [2.45, 2.75) is 40.3 Å². The van der Waals surface area contributed by atoms with Crippen LogP contribution in [0.3, 0.4) is 0 Å². The Bertz CT molecular complexity index is 1560. The average Bonchev–Trinajstić information content (AvgIpc) is 3.63. The summed E-state index contributed by atoms with van der Waals surface area (Å²) in [5, 5.41) is 11.2. The van der Waals surface area contributed by atoms with Crippen molar-refractivity contribution < 1.29 is 14.3 Å². The number of hydrogen-bond donors (Lipinski definition) is 3. The molecule has 0 radical (unpaired) electrons. The molecule has 3 heterocycles. The van der Waals surface area contributed by atoms with Crippen LogP contribution in [0.2, 0.25) is 0 Å². The van der Waals surface area contributed by atoms with E-state index in [2.05, 4.69) is 53.3 Å². The third-order valence-corrected chi connectivity index (χ3v) is 7.55. The van der Waals surface area contributed by atoms with Gasteiger partial charge in [0.15, 0.2) is 0 Å². The van der Waals surface area contributed by atoms with Crippen molar-refractivity contribution in [2.24, 2.45) is 5.41 Å². The molecule has 42 heavy (non-hydrogen) atoms. The topological polar surface area (TPSA) is 104 Å². The van der Waals surface area contributed by atoms with E-state index in [1.807, 2.05) is 60.7 Å². The summed E-state index contributed by atoms with van der Waals surface area (Å²) in [5.74, 6) is 0.367. The lowest BCUT2D eigenvalue weighted by atomic mass is 9.94. The summed E-state index contributed by atoms with van der Waals surface area (Å²) in [7, 11) is 0. The number of hydrogen-bond acceptors (Lipinski definition) is 5. The van der Waals surface area contributed by atoms with Crippen molar-refractivity contribution in [2.75, 3.05) is 32.8 Å². The third kappa shape index (κ3) is 7.09. The van der Waals surface area contributed by atoms with E-state index >= 15 is 0 Å². The second-order valence-electron chi connectivity index (χ2n) is 11.6. The van der Waals surface area contributed by atoms with Gasteiger partial charge in [-0.2, -0.15) is 5.10 Å². The highest BCUT2D eigenvalue weighted by Gasteiger charge is 2.25. The van der Waals surface area contributed by atoms with E-state index < -0.39 is 0 Å². The number of carbonyl (C=O) groups is 2. The Hall–Kier alpha value is -4.37. The van der Waals surface area contributed by atoms with Gasteiger partial charge in [0.05, 0.1) is 42.2 Å². The summed E-state index contributed by atoms with van der Waals surface area (Å²) in [5.41, 5.74) is 3.67. The van der Waals surface area contributed by atoms with Crippen molar-refractivity contribution in [3.05, 3.63) is 89.9 Å². The molecule has 220 valence electrons. The molecular formula is C33H40N6O3. The first-order valence-corrected chi connectivity index (χ1v) is 14.6. The predicted molar refractivity (Wildman–Crippen MR) is 165 cm³/mol. The lowest BCUT2D eigenvalue weighted by Gasteiger charge is -2.31. The van der Waals surface area contributed by atoms with E-state index in [4.69, 9.17) is 4.74 Å². The molecule has 2 aromatic heterocycles. The van der Waals surface area contributed by atoms with Gasteiger partial charge in [0.25, 0.3) is 11.8 Å². The minimum atomic E-state index is -0.360. The van der Waals surface area contributed by atoms with Gasteiger partial charge >= 0.3 is 0 Å². The molecule has 0 aliphatic carbocycles. The normalized spacial score (nSPS) is 15.5. The molecule has 0 spiro atoms. The molecule has 2 amide bonds. The lowest BCUT2D eigenvalue weighted by Crippen LogP contribution is -2.46. The minimum absolute atomic E-state index is 0.00923. The highest BCUT2D eigenvalue weighted by atomic mass is 16.5. The molecule has 0 saturated carbocycles. The summed E-state index contributed by atoms with van der Waals surface area (Å²) in [6, 6.07) is 17.5. The summed E-state index contributed by atoms with van der Waals surface area (Å²) in [4.78, 5) is 31.5. The number of amides is 2. The van der Waals surface area contributed by atoms with E-state index in [-0.39, 0.29) is 23.3 Å². The quantitative estimate of drug-likeness (QED) is 0.234. The number of H-pyrrole nitrogens is 1. The zero-order valence-electron chi connectivity index (χ0n) is 24.8. The van der Waals surface area contributed by atoms with E-state index in [1.54, 1.807) is 17.1 Å². The van der Waals surface area contributed by atoms with Gasteiger partial charge in [-0.25, -0.2) is 0 Å². The number of carbonyl (C=O) groups excluding carboxylic acids is 2. The third-order valence-electron chi connectivity index (χ3n) is 7.55. The van der Waals surface area contributed by atoms with E-state index in [1.165, 1.54) is 0 Å². The fraction of sp³-hybridized carbons (Fsp3) is 0.364. The van der Waals surface area contributed by atoms with Crippen LogP contribution in [0.4, 0.5) is 0 Å². The van der Waals surface area contributed by atoms with Crippen LogP contribution >= 0.6 is 0 Å². The summed E-state index contributed by atoms with van der Waals surface area (Å²) in [6.07, 6.45) is 5.10. The molecule has 1 aliphatic heterocycles. The summed E-state index contributed by atoms with van der Waals surface area (Å²) < 4.78 is 7.93. The number of aromatic amines is 1. The van der Waals surface area contributed by atoms with Crippen LogP contribution < -0.4 is 15.4 Å². The lowest BCUT2D eigenvalue weighted by molar-refractivity contribution is -0.115. The summed E-state index contributed by atoms with van der Waals surface area (Å²) >= 11 is 0. The van der Waals surface area contributed by atoms with Crippen molar-refractivity contribution in [3.8, 4) is 5.75 Å². The van der Waals surface area contributed by atoms with Crippen LogP contribution in [0.25, 0.3) is 16.5 Å². The molecule has 3 N–H and O–H groups in total. The molecule has 5 rings (SSSR count). The molecule has 4 aromatic rings. The van der Waals surface area contributed by atoms with Gasteiger partial charge in [-0.15, -0.1) is 0 Å². The highest BCUT2D eigenvalue weighted by molar-refractivity contribution is 6.20. The Labute approximate surface area is 246 Å². The van der Waals surface area contributed by atoms with Crippen molar-refractivity contribution >= 4 is 28.3 Å². The Kier molecular flexibility index (Phi) is 8.77. The van der Waals surface area contributed by atoms with Gasteiger partial charge in [0.1, 0.15) is 5.75 Å². The van der Waals surface area contributed by atoms with Gasteiger partial charge in [-0.1, -0.05) is 58.0 Å². The van der Waals surface area contributed by atoms with Gasteiger partial charge in [-0.05, 0) is 49.0 Å². The van der Waals surface area contributed by atoms with E-state index in [9.17, 15) is 9.59 Å². The average molecular weight is 569 g/mol. The zero-order chi connectivity index (χ0) is 29.7. The fourth-order valence-electron chi connectivity index (χ4n) is 5.25. The number of ether oxygens (including phenoxy) is 1. The SMILES string of the molecule is CCN(CC)CC(C)(C)COc1ccc2[nH]c(C3=CC(NC(=O)c4cnn(Cc5ccccc5)c4)CNC3=O)cc2c1. The molecular weight excluding hydrogens is 528 g/mol. The maximum absolute atomic E-state index is 13.0.